The van der Waals surface area contributed by atoms with Crippen molar-refractivity contribution in [1.29, 1.82) is 0 Å². The predicted octanol–water partition coefficient (Wildman–Crippen LogP) is 4.31. The van der Waals surface area contributed by atoms with Crippen LogP contribution in [0.25, 0.3) is 16.2 Å². The SMILES string of the molecule is COc1cc(C)ccc1S(=O)(=O)NCc1sc2nc(-c3ccc(F)cc3)cn2c1C. The van der Waals surface area contributed by atoms with Crippen LogP contribution in [0.15, 0.2) is 53.6 Å². The molecular formula is C21H20FN3O3S2. The molecule has 0 spiro atoms. The van der Waals surface area contributed by atoms with Gasteiger partial charge in [-0.3, -0.25) is 4.40 Å². The van der Waals surface area contributed by atoms with Crippen LogP contribution < -0.4 is 9.46 Å². The molecule has 0 aliphatic carbocycles. The van der Waals surface area contributed by atoms with Gasteiger partial charge in [0.05, 0.1) is 12.8 Å². The van der Waals surface area contributed by atoms with Gasteiger partial charge in [0.2, 0.25) is 10.0 Å². The van der Waals surface area contributed by atoms with E-state index in [9.17, 15) is 12.8 Å². The number of thiazole rings is 1. The first kappa shape index (κ1) is 20.5. The van der Waals surface area contributed by atoms with E-state index in [1.807, 2.05) is 24.4 Å². The molecule has 0 aliphatic rings. The van der Waals surface area contributed by atoms with Gasteiger partial charge in [-0.15, -0.1) is 0 Å². The minimum atomic E-state index is -3.74. The molecular weight excluding hydrogens is 425 g/mol. The fraction of sp³-hybridized carbons (Fsp3) is 0.190. The number of sulfonamides is 1. The first-order chi connectivity index (χ1) is 14.3. The van der Waals surface area contributed by atoms with Crippen LogP contribution in [-0.2, 0) is 16.6 Å². The second-order valence-electron chi connectivity index (χ2n) is 6.88. The Bertz CT molecular complexity index is 1330. The van der Waals surface area contributed by atoms with Crippen LogP contribution in [0.5, 0.6) is 5.75 Å². The Morgan fingerprint density at radius 1 is 1.17 bits per heavy atom. The van der Waals surface area contributed by atoms with E-state index in [4.69, 9.17) is 4.74 Å². The lowest BCUT2D eigenvalue weighted by Crippen LogP contribution is -2.23. The number of aromatic nitrogens is 2. The predicted molar refractivity (Wildman–Crippen MR) is 115 cm³/mol. The van der Waals surface area contributed by atoms with Crippen LogP contribution in [0.1, 0.15) is 16.1 Å². The number of nitrogens with one attached hydrogen (secondary N) is 1. The van der Waals surface area contributed by atoms with E-state index >= 15 is 0 Å². The van der Waals surface area contributed by atoms with Crippen LogP contribution in [0.2, 0.25) is 0 Å². The Kier molecular flexibility index (Phi) is 5.35. The third-order valence-electron chi connectivity index (χ3n) is 4.82. The third kappa shape index (κ3) is 3.83. The van der Waals surface area contributed by atoms with E-state index in [1.54, 1.807) is 30.3 Å². The maximum atomic E-state index is 13.1. The molecule has 0 fully saturated rings. The molecule has 6 nitrogen and oxygen atoms in total. The summed E-state index contributed by atoms with van der Waals surface area (Å²) in [6.07, 6.45) is 1.87. The normalized spacial score (nSPS) is 11.9. The molecule has 0 atom stereocenters. The highest BCUT2D eigenvalue weighted by Gasteiger charge is 2.21. The van der Waals surface area contributed by atoms with Crippen molar-refractivity contribution in [3.8, 4) is 17.0 Å². The Balaban J connectivity index is 1.58. The molecule has 4 rings (SSSR count). The van der Waals surface area contributed by atoms with Gasteiger partial charge in [-0.2, -0.15) is 0 Å². The first-order valence-corrected chi connectivity index (χ1v) is 11.5. The number of ether oxygens (including phenoxy) is 1. The summed E-state index contributed by atoms with van der Waals surface area (Å²) in [5, 5.41) is 0. The fourth-order valence-electron chi connectivity index (χ4n) is 3.15. The summed E-state index contributed by atoms with van der Waals surface area (Å²) in [6, 6.07) is 11.1. The monoisotopic (exact) mass is 445 g/mol. The number of benzene rings is 2. The standard InChI is InChI=1S/C21H20FN3O3S2/c1-13-4-9-20(18(10-13)28-3)30(26,27)23-11-19-14(2)25-12-17(24-21(25)29-19)15-5-7-16(22)8-6-15/h4-10,12,23H,11H2,1-3H3. The molecule has 9 heteroatoms. The number of methoxy groups -OCH3 is 1. The molecule has 0 unspecified atom stereocenters. The maximum Gasteiger partial charge on any atom is 0.244 e. The van der Waals surface area contributed by atoms with E-state index in [2.05, 4.69) is 9.71 Å². The second-order valence-corrected chi connectivity index (χ2v) is 9.67. The van der Waals surface area contributed by atoms with Crippen LogP contribution in [0, 0.1) is 19.7 Å². The summed E-state index contributed by atoms with van der Waals surface area (Å²) < 4.78 is 48.5. The molecule has 0 saturated heterocycles. The molecule has 0 amide bonds. The molecule has 2 aromatic carbocycles. The molecule has 0 radical (unpaired) electrons. The van der Waals surface area contributed by atoms with E-state index in [0.29, 0.717) is 5.75 Å². The topological polar surface area (TPSA) is 72.7 Å². The highest BCUT2D eigenvalue weighted by Crippen LogP contribution is 2.29. The molecule has 0 saturated carbocycles. The Morgan fingerprint density at radius 3 is 2.57 bits per heavy atom. The van der Waals surface area contributed by atoms with Crippen LogP contribution >= 0.6 is 11.3 Å². The number of fused-ring (bicyclic) bond motifs is 1. The Labute approximate surface area is 178 Å². The quantitative estimate of drug-likeness (QED) is 0.480. The summed E-state index contributed by atoms with van der Waals surface area (Å²) in [7, 11) is -2.29. The third-order valence-corrected chi connectivity index (χ3v) is 7.42. The van der Waals surface area contributed by atoms with Crippen molar-refractivity contribution < 1.29 is 17.5 Å². The van der Waals surface area contributed by atoms with Crippen molar-refractivity contribution in [3.05, 3.63) is 70.6 Å². The van der Waals surface area contributed by atoms with Crippen molar-refractivity contribution in [3.63, 3.8) is 0 Å². The zero-order chi connectivity index (χ0) is 21.5. The fourth-order valence-corrected chi connectivity index (χ4v) is 5.43. The molecule has 0 bridgehead atoms. The Morgan fingerprint density at radius 2 is 1.90 bits per heavy atom. The summed E-state index contributed by atoms with van der Waals surface area (Å²) in [5.74, 6) is 0.0138. The van der Waals surface area contributed by atoms with Gasteiger partial charge in [0, 0.05) is 28.9 Å². The number of halogens is 1. The van der Waals surface area contributed by atoms with E-state index < -0.39 is 10.0 Å². The number of rotatable bonds is 6. The average Bonchev–Trinajstić information content (AvgIpc) is 3.26. The summed E-state index contributed by atoms with van der Waals surface area (Å²) in [5.41, 5.74) is 3.37. The molecule has 2 heterocycles. The van der Waals surface area contributed by atoms with Gasteiger partial charge in [-0.1, -0.05) is 17.4 Å². The minimum absolute atomic E-state index is 0.105. The van der Waals surface area contributed by atoms with Gasteiger partial charge >= 0.3 is 0 Å². The summed E-state index contributed by atoms with van der Waals surface area (Å²) in [4.78, 5) is 6.30. The van der Waals surface area contributed by atoms with Gasteiger partial charge in [0.25, 0.3) is 0 Å². The number of aryl methyl sites for hydroxylation is 2. The van der Waals surface area contributed by atoms with Gasteiger partial charge in [0.15, 0.2) is 4.96 Å². The zero-order valence-electron chi connectivity index (χ0n) is 16.6. The van der Waals surface area contributed by atoms with Crippen molar-refractivity contribution in [2.45, 2.75) is 25.3 Å². The minimum Gasteiger partial charge on any atom is -0.495 e. The first-order valence-electron chi connectivity index (χ1n) is 9.16. The van der Waals surface area contributed by atoms with E-state index in [0.717, 1.165) is 32.4 Å². The molecule has 156 valence electrons. The lowest BCUT2D eigenvalue weighted by molar-refractivity contribution is 0.402. The highest BCUT2D eigenvalue weighted by molar-refractivity contribution is 7.89. The van der Waals surface area contributed by atoms with Gasteiger partial charge in [-0.25, -0.2) is 22.5 Å². The summed E-state index contributed by atoms with van der Waals surface area (Å²) in [6.45, 7) is 3.93. The maximum absolute atomic E-state index is 13.1. The molecule has 4 aromatic rings. The van der Waals surface area contributed by atoms with Crippen LogP contribution in [0.3, 0.4) is 0 Å². The number of imidazole rings is 1. The molecule has 30 heavy (non-hydrogen) atoms. The number of hydrogen-bond donors (Lipinski definition) is 1. The molecule has 2 aromatic heterocycles. The van der Waals surface area contributed by atoms with Crippen molar-refractivity contribution >= 4 is 26.3 Å². The van der Waals surface area contributed by atoms with E-state index in [1.165, 1.54) is 30.6 Å². The largest absolute Gasteiger partial charge is 0.495 e. The Hall–Kier alpha value is -2.75. The average molecular weight is 446 g/mol. The van der Waals surface area contributed by atoms with Crippen LogP contribution in [-0.4, -0.2) is 24.9 Å². The van der Waals surface area contributed by atoms with E-state index in [-0.39, 0.29) is 17.3 Å². The lowest BCUT2D eigenvalue weighted by Gasteiger charge is -2.11. The summed E-state index contributed by atoms with van der Waals surface area (Å²) >= 11 is 1.41. The van der Waals surface area contributed by atoms with Crippen molar-refractivity contribution in [1.82, 2.24) is 14.1 Å². The van der Waals surface area contributed by atoms with Gasteiger partial charge in [0.1, 0.15) is 16.5 Å². The zero-order valence-corrected chi connectivity index (χ0v) is 18.3. The number of nitrogens with zero attached hydrogens (tertiary/aromatic N) is 2. The highest BCUT2D eigenvalue weighted by atomic mass is 32.2. The van der Waals surface area contributed by atoms with Gasteiger partial charge < -0.3 is 4.74 Å². The molecule has 1 N–H and O–H groups in total. The lowest BCUT2D eigenvalue weighted by atomic mass is 10.2. The second kappa shape index (κ2) is 7.82. The molecule has 0 aliphatic heterocycles. The van der Waals surface area contributed by atoms with Crippen molar-refractivity contribution in [2.24, 2.45) is 0 Å². The van der Waals surface area contributed by atoms with Crippen molar-refractivity contribution in [2.75, 3.05) is 7.11 Å². The smallest absolute Gasteiger partial charge is 0.244 e. The number of hydrogen-bond acceptors (Lipinski definition) is 5. The van der Waals surface area contributed by atoms with Gasteiger partial charge in [-0.05, 0) is 55.8 Å². The van der Waals surface area contributed by atoms with Crippen LogP contribution in [0.4, 0.5) is 4.39 Å².